The molecule has 1 heterocycles. The number of nitrogens with zero attached hydrogens (tertiary/aromatic N) is 1. The molecule has 2 aromatic rings. The summed E-state index contributed by atoms with van der Waals surface area (Å²) in [4.78, 5) is 12.3. The topological polar surface area (TPSA) is 54.0 Å². The van der Waals surface area contributed by atoms with E-state index in [9.17, 15) is 10.1 Å². The third-order valence-corrected chi connectivity index (χ3v) is 2.91. The molecule has 90 valence electrons. The molecule has 0 bridgehead atoms. The van der Waals surface area contributed by atoms with E-state index in [1.807, 2.05) is 31.2 Å². The van der Waals surface area contributed by atoms with Crippen LogP contribution >= 0.6 is 0 Å². The zero-order valence-corrected chi connectivity index (χ0v) is 10.3. The summed E-state index contributed by atoms with van der Waals surface area (Å²) in [6.45, 7) is 3.67. The average molecular weight is 239 g/mol. The normalized spacial score (nSPS) is 11.8. The molecule has 0 saturated carbocycles. The smallest absolute Gasteiger partial charge is 0.187 e. The second kappa shape index (κ2) is 4.89. The number of rotatable bonds is 3. The van der Waals surface area contributed by atoms with Gasteiger partial charge < -0.3 is 4.42 Å². The SMILES string of the molecule is Cc1cc(C(=O)C(C#N)c2ccccc2C)co1. The average Bonchev–Trinajstić information content (AvgIpc) is 2.79. The summed E-state index contributed by atoms with van der Waals surface area (Å²) in [6.07, 6.45) is 1.40. The second-order valence-corrected chi connectivity index (χ2v) is 4.23. The maximum absolute atomic E-state index is 12.3. The summed E-state index contributed by atoms with van der Waals surface area (Å²) in [7, 11) is 0. The van der Waals surface area contributed by atoms with Crippen LogP contribution in [0, 0.1) is 25.2 Å². The fourth-order valence-corrected chi connectivity index (χ4v) is 1.92. The van der Waals surface area contributed by atoms with Crippen molar-refractivity contribution in [2.24, 2.45) is 0 Å². The molecule has 0 amide bonds. The number of hydrogen-bond donors (Lipinski definition) is 0. The molecule has 1 aromatic carbocycles. The molecule has 3 nitrogen and oxygen atoms in total. The highest BCUT2D eigenvalue weighted by Gasteiger charge is 2.24. The molecule has 0 radical (unpaired) electrons. The Hall–Kier alpha value is -2.34. The van der Waals surface area contributed by atoms with Gasteiger partial charge in [0.2, 0.25) is 0 Å². The van der Waals surface area contributed by atoms with E-state index in [0.717, 1.165) is 11.1 Å². The Labute approximate surface area is 106 Å². The first-order valence-corrected chi connectivity index (χ1v) is 5.68. The molecule has 0 aliphatic heterocycles. The predicted molar refractivity (Wildman–Crippen MR) is 67.3 cm³/mol. The van der Waals surface area contributed by atoms with Crippen LogP contribution in [-0.2, 0) is 0 Å². The molecule has 2 rings (SSSR count). The van der Waals surface area contributed by atoms with Crippen LogP contribution in [0.5, 0.6) is 0 Å². The van der Waals surface area contributed by atoms with Gasteiger partial charge in [0.05, 0.1) is 11.6 Å². The van der Waals surface area contributed by atoms with E-state index in [0.29, 0.717) is 11.3 Å². The van der Waals surface area contributed by atoms with E-state index >= 15 is 0 Å². The first-order chi connectivity index (χ1) is 8.63. The fraction of sp³-hybridized carbons (Fsp3) is 0.200. The summed E-state index contributed by atoms with van der Waals surface area (Å²) < 4.78 is 5.12. The molecule has 1 aromatic heterocycles. The van der Waals surface area contributed by atoms with E-state index in [1.165, 1.54) is 6.26 Å². The van der Waals surface area contributed by atoms with Gasteiger partial charge in [-0.05, 0) is 31.0 Å². The Morgan fingerprint density at radius 1 is 1.33 bits per heavy atom. The van der Waals surface area contributed by atoms with Gasteiger partial charge >= 0.3 is 0 Å². The molecular weight excluding hydrogens is 226 g/mol. The van der Waals surface area contributed by atoms with Gasteiger partial charge in [-0.1, -0.05) is 24.3 Å². The van der Waals surface area contributed by atoms with Crippen molar-refractivity contribution in [3.05, 3.63) is 59.0 Å². The molecule has 1 unspecified atom stereocenters. The molecule has 0 aliphatic rings. The van der Waals surface area contributed by atoms with Crippen LogP contribution < -0.4 is 0 Å². The number of nitriles is 1. The quantitative estimate of drug-likeness (QED) is 0.771. The highest BCUT2D eigenvalue weighted by molar-refractivity contribution is 6.02. The first-order valence-electron chi connectivity index (χ1n) is 5.68. The molecule has 0 aliphatic carbocycles. The molecule has 1 atom stereocenters. The van der Waals surface area contributed by atoms with Gasteiger partial charge in [0.1, 0.15) is 17.9 Å². The van der Waals surface area contributed by atoms with E-state index in [4.69, 9.17) is 4.42 Å². The molecular formula is C15H13NO2. The van der Waals surface area contributed by atoms with Crippen LogP contribution in [-0.4, -0.2) is 5.78 Å². The second-order valence-electron chi connectivity index (χ2n) is 4.23. The number of carbonyl (C=O) groups excluding carboxylic acids is 1. The Kier molecular flexibility index (Phi) is 3.29. The van der Waals surface area contributed by atoms with Crippen molar-refractivity contribution in [1.29, 1.82) is 5.26 Å². The predicted octanol–water partition coefficient (Wildman–Crippen LogP) is 3.39. The minimum Gasteiger partial charge on any atom is -0.469 e. The molecule has 0 spiro atoms. The van der Waals surface area contributed by atoms with Crippen molar-refractivity contribution >= 4 is 5.78 Å². The third kappa shape index (κ3) is 2.18. The minimum absolute atomic E-state index is 0.219. The third-order valence-electron chi connectivity index (χ3n) is 2.91. The first kappa shape index (κ1) is 12.1. The van der Waals surface area contributed by atoms with Crippen molar-refractivity contribution < 1.29 is 9.21 Å². The van der Waals surface area contributed by atoms with Gasteiger partial charge in [-0.25, -0.2) is 0 Å². The maximum Gasteiger partial charge on any atom is 0.187 e. The largest absolute Gasteiger partial charge is 0.469 e. The Balaban J connectivity index is 2.39. The number of aryl methyl sites for hydroxylation is 2. The maximum atomic E-state index is 12.3. The fourth-order valence-electron chi connectivity index (χ4n) is 1.92. The van der Waals surface area contributed by atoms with Crippen LogP contribution in [0.15, 0.2) is 41.0 Å². The van der Waals surface area contributed by atoms with Crippen LogP contribution in [0.4, 0.5) is 0 Å². The van der Waals surface area contributed by atoms with Crippen LogP contribution in [0.2, 0.25) is 0 Å². The number of Topliss-reactive ketones (excluding diaryl/α,β-unsaturated/α-hetero) is 1. The van der Waals surface area contributed by atoms with Gasteiger partial charge in [0.25, 0.3) is 0 Å². The number of carbonyl (C=O) groups is 1. The molecule has 3 heteroatoms. The molecule has 0 fully saturated rings. The zero-order chi connectivity index (χ0) is 13.1. The van der Waals surface area contributed by atoms with Gasteiger partial charge in [0.15, 0.2) is 5.78 Å². The van der Waals surface area contributed by atoms with Crippen LogP contribution in [0.25, 0.3) is 0 Å². The van der Waals surface area contributed by atoms with E-state index < -0.39 is 5.92 Å². The Morgan fingerprint density at radius 3 is 2.61 bits per heavy atom. The van der Waals surface area contributed by atoms with Gasteiger partial charge in [-0.15, -0.1) is 0 Å². The van der Waals surface area contributed by atoms with E-state index in [1.54, 1.807) is 13.0 Å². The number of furan rings is 1. The molecule has 18 heavy (non-hydrogen) atoms. The number of hydrogen-bond acceptors (Lipinski definition) is 3. The van der Waals surface area contributed by atoms with Gasteiger partial charge in [0, 0.05) is 0 Å². The van der Waals surface area contributed by atoms with Crippen LogP contribution in [0.1, 0.15) is 33.2 Å². The highest BCUT2D eigenvalue weighted by Crippen LogP contribution is 2.24. The lowest BCUT2D eigenvalue weighted by atomic mass is 9.90. The van der Waals surface area contributed by atoms with Crippen LogP contribution in [0.3, 0.4) is 0 Å². The van der Waals surface area contributed by atoms with E-state index in [2.05, 4.69) is 6.07 Å². The van der Waals surface area contributed by atoms with Crippen molar-refractivity contribution in [1.82, 2.24) is 0 Å². The van der Waals surface area contributed by atoms with Crippen molar-refractivity contribution in [2.75, 3.05) is 0 Å². The summed E-state index contributed by atoms with van der Waals surface area (Å²) in [5, 5.41) is 9.24. The highest BCUT2D eigenvalue weighted by atomic mass is 16.3. The summed E-state index contributed by atoms with van der Waals surface area (Å²) in [6, 6.07) is 11.2. The summed E-state index contributed by atoms with van der Waals surface area (Å²) >= 11 is 0. The van der Waals surface area contributed by atoms with Gasteiger partial charge in [-0.3, -0.25) is 4.79 Å². The minimum atomic E-state index is -0.775. The molecule has 0 N–H and O–H groups in total. The van der Waals surface area contributed by atoms with Gasteiger partial charge in [-0.2, -0.15) is 5.26 Å². The summed E-state index contributed by atoms with van der Waals surface area (Å²) in [5.74, 6) is -0.327. The zero-order valence-electron chi connectivity index (χ0n) is 10.3. The Morgan fingerprint density at radius 2 is 2.06 bits per heavy atom. The lowest BCUT2D eigenvalue weighted by Crippen LogP contribution is -2.11. The lowest BCUT2D eigenvalue weighted by Gasteiger charge is -2.09. The Bertz CT molecular complexity index is 619. The lowest BCUT2D eigenvalue weighted by molar-refractivity contribution is 0.0978. The van der Waals surface area contributed by atoms with Crippen molar-refractivity contribution in [2.45, 2.75) is 19.8 Å². The standard InChI is InChI=1S/C15H13NO2/c1-10-5-3-4-6-13(10)14(8-16)15(17)12-7-11(2)18-9-12/h3-7,9,14H,1-2H3. The summed E-state index contributed by atoms with van der Waals surface area (Å²) in [5.41, 5.74) is 2.14. The molecule has 0 saturated heterocycles. The number of benzene rings is 1. The van der Waals surface area contributed by atoms with Crippen molar-refractivity contribution in [3.63, 3.8) is 0 Å². The van der Waals surface area contributed by atoms with E-state index in [-0.39, 0.29) is 5.78 Å². The monoisotopic (exact) mass is 239 g/mol. The number of ketones is 1. The van der Waals surface area contributed by atoms with Crippen molar-refractivity contribution in [3.8, 4) is 6.07 Å².